The van der Waals surface area contributed by atoms with Crippen molar-refractivity contribution < 1.29 is 23.9 Å². The lowest BCUT2D eigenvalue weighted by Crippen LogP contribution is -2.47. The molecule has 2 amide bonds. The van der Waals surface area contributed by atoms with Crippen molar-refractivity contribution in [2.75, 3.05) is 23.4 Å². The Kier molecular flexibility index (Phi) is 5.61. The van der Waals surface area contributed by atoms with Crippen LogP contribution in [0.25, 0.3) is 0 Å². The maximum atomic E-state index is 12.7. The first-order valence-corrected chi connectivity index (χ1v) is 8.60. The average molecular weight is 389 g/mol. The monoisotopic (exact) mass is 388 g/mol. The van der Waals surface area contributed by atoms with E-state index in [9.17, 15) is 14.4 Å². The minimum absolute atomic E-state index is 0.142. The zero-order valence-electron chi connectivity index (χ0n) is 14.5. The highest BCUT2D eigenvalue weighted by atomic mass is 35.5. The molecule has 1 atom stereocenters. The van der Waals surface area contributed by atoms with Crippen LogP contribution >= 0.6 is 11.6 Å². The Morgan fingerprint density at radius 1 is 1.22 bits per heavy atom. The number of para-hydroxylation sites is 2. The predicted molar refractivity (Wildman–Crippen MR) is 99.9 cm³/mol. The van der Waals surface area contributed by atoms with Gasteiger partial charge in [0.15, 0.2) is 12.7 Å². The molecular weight excluding hydrogens is 372 g/mol. The van der Waals surface area contributed by atoms with Gasteiger partial charge in [0.2, 0.25) is 5.91 Å². The smallest absolute Gasteiger partial charge is 0.344 e. The van der Waals surface area contributed by atoms with Gasteiger partial charge < -0.3 is 14.8 Å². The fourth-order valence-corrected chi connectivity index (χ4v) is 2.81. The molecule has 0 radical (unpaired) electrons. The number of anilines is 2. The number of rotatable bonds is 5. The first kappa shape index (κ1) is 18.7. The van der Waals surface area contributed by atoms with E-state index >= 15 is 0 Å². The second-order valence-corrected chi connectivity index (χ2v) is 6.30. The van der Waals surface area contributed by atoms with Crippen molar-refractivity contribution in [2.45, 2.75) is 13.0 Å². The number of carbonyl (C=O) groups excluding carboxylic acids is 3. The van der Waals surface area contributed by atoms with Crippen LogP contribution in [0.5, 0.6) is 5.75 Å². The molecule has 7 nitrogen and oxygen atoms in total. The lowest BCUT2D eigenvalue weighted by molar-refractivity contribution is -0.155. The number of ether oxygens (including phenoxy) is 2. The van der Waals surface area contributed by atoms with Crippen molar-refractivity contribution in [3.05, 3.63) is 53.6 Å². The second kappa shape index (κ2) is 8.09. The van der Waals surface area contributed by atoms with E-state index in [1.165, 1.54) is 11.8 Å². The zero-order valence-corrected chi connectivity index (χ0v) is 15.2. The van der Waals surface area contributed by atoms with Gasteiger partial charge in [-0.05, 0) is 37.3 Å². The topological polar surface area (TPSA) is 84.9 Å². The predicted octanol–water partition coefficient (Wildman–Crippen LogP) is 2.64. The third-order valence-electron chi connectivity index (χ3n) is 3.85. The van der Waals surface area contributed by atoms with E-state index in [0.717, 1.165) is 0 Å². The zero-order chi connectivity index (χ0) is 19.4. The van der Waals surface area contributed by atoms with Crippen molar-refractivity contribution >= 4 is 40.8 Å². The van der Waals surface area contributed by atoms with Crippen LogP contribution in [0.3, 0.4) is 0 Å². The first-order chi connectivity index (χ1) is 12.9. The standard InChI is InChI=1S/C19H17ClN2O5/c1-12(27-18(24)11-26-14-6-4-5-13(20)9-14)19(25)22-10-17(23)21-15-7-2-3-8-16(15)22/h2-9,12H,10-11H2,1H3,(H,21,23)/t12-/m0/s1. The number of hydrogen-bond acceptors (Lipinski definition) is 5. The van der Waals surface area contributed by atoms with Crippen molar-refractivity contribution in [1.29, 1.82) is 0 Å². The van der Waals surface area contributed by atoms with Crippen LogP contribution in [0.2, 0.25) is 5.02 Å². The summed E-state index contributed by atoms with van der Waals surface area (Å²) in [5.41, 5.74) is 1.09. The number of nitrogens with zero attached hydrogens (tertiary/aromatic N) is 1. The van der Waals surface area contributed by atoms with E-state index in [0.29, 0.717) is 22.1 Å². The molecule has 0 spiro atoms. The molecule has 140 valence electrons. The molecule has 1 N–H and O–H groups in total. The molecule has 2 aromatic carbocycles. The number of esters is 1. The van der Waals surface area contributed by atoms with E-state index in [-0.39, 0.29) is 19.1 Å². The van der Waals surface area contributed by atoms with Gasteiger partial charge in [0.25, 0.3) is 5.91 Å². The molecule has 0 aromatic heterocycles. The van der Waals surface area contributed by atoms with Crippen molar-refractivity contribution in [3.8, 4) is 5.75 Å². The summed E-state index contributed by atoms with van der Waals surface area (Å²) in [5, 5.41) is 3.17. The molecule has 1 aliphatic heterocycles. The number of halogens is 1. The van der Waals surface area contributed by atoms with Crippen LogP contribution in [0.15, 0.2) is 48.5 Å². The van der Waals surface area contributed by atoms with Crippen molar-refractivity contribution in [3.63, 3.8) is 0 Å². The Bertz CT molecular complexity index is 886. The van der Waals surface area contributed by atoms with Gasteiger partial charge in [-0.3, -0.25) is 14.5 Å². The number of nitrogens with one attached hydrogen (secondary N) is 1. The molecule has 3 rings (SSSR count). The molecule has 27 heavy (non-hydrogen) atoms. The van der Waals surface area contributed by atoms with Crippen molar-refractivity contribution in [2.24, 2.45) is 0 Å². The molecule has 0 unspecified atom stereocenters. The minimum atomic E-state index is -1.07. The second-order valence-electron chi connectivity index (χ2n) is 5.87. The van der Waals surface area contributed by atoms with E-state index in [1.807, 2.05) is 0 Å². The Morgan fingerprint density at radius 2 is 2.00 bits per heavy atom. The summed E-state index contributed by atoms with van der Waals surface area (Å²) in [6.07, 6.45) is -1.07. The Hall–Kier alpha value is -3.06. The molecule has 0 aliphatic carbocycles. The highest BCUT2D eigenvalue weighted by Gasteiger charge is 2.31. The van der Waals surface area contributed by atoms with Crippen LogP contribution in [0.1, 0.15) is 6.92 Å². The maximum Gasteiger partial charge on any atom is 0.344 e. The van der Waals surface area contributed by atoms with Gasteiger partial charge in [-0.25, -0.2) is 4.79 Å². The van der Waals surface area contributed by atoms with Gasteiger partial charge in [0.05, 0.1) is 11.4 Å². The largest absolute Gasteiger partial charge is 0.482 e. The summed E-state index contributed by atoms with van der Waals surface area (Å²) in [6, 6.07) is 13.5. The van der Waals surface area contributed by atoms with Gasteiger partial charge >= 0.3 is 5.97 Å². The number of amides is 2. The molecule has 1 aliphatic rings. The van der Waals surface area contributed by atoms with Crippen LogP contribution in [-0.2, 0) is 19.1 Å². The quantitative estimate of drug-likeness (QED) is 0.796. The first-order valence-electron chi connectivity index (χ1n) is 8.22. The average Bonchev–Trinajstić information content (AvgIpc) is 2.65. The van der Waals surface area contributed by atoms with E-state index in [2.05, 4.69) is 5.32 Å². The molecule has 0 bridgehead atoms. The number of carbonyl (C=O) groups is 3. The van der Waals surface area contributed by atoms with Crippen LogP contribution in [0.4, 0.5) is 11.4 Å². The molecule has 8 heteroatoms. The van der Waals surface area contributed by atoms with Crippen LogP contribution < -0.4 is 15.0 Å². The summed E-state index contributed by atoms with van der Waals surface area (Å²) in [6.45, 7) is 0.945. The Morgan fingerprint density at radius 3 is 2.78 bits per heavy atom. The maximum absolute atomic E-state index is 12.7. The lowest BCUT2D eigenvalue weighted by atomic mass is 10.1. The fraction of sp³-hybridized carbons (Fsp3) is 0.211. The third-order valence-corrected chi connectivity index (χ3v) is 4.08. The third kappa shape index (κ3) is 4.57. The lowest BCUT2D eigenvalue weighted by Gasteiger charge is -2.30. The number of benzene rings is 2. The molecule has 0 saturated heterocycles. The van der Waals surface area contributed by atoms with Crippen molar-refractivity contribution in [1.82, 2.24) is 0 Å². The van der Waals surface area contributed by atoms with Gasteiger partial charge in [-0.15, -0.1) is 0 Å². The summed E-state index contributed by atoms with van der Waals surface area (Å²) in [4.78, 5) is 37.8. The SMILES string of the molecule is C[C@H](OC(=O)COc1cccc(Cl)c1)C(=O)N1CC(=O)Nc2ccccc21. The highest BCUT2D eigenvalue weighted by molar-refractivity contribution is 6.30. The molecule has 0 saturated carbocycles. The molecule has 1 heterocycles. The van der Waals surface area contributed by atoms with Crippen LogP contribution in [-0.4, -0.2) is 37.0 Å². The van der Waals surface area contributed by atoms with E-state index < -0.39 is 18.0 Å². The van der Waals surface area contributed by atoms with E-state index in [4.69, 9.17) is 21.1 Å². The summed E-state index contributed by atoms with van der Waals surface area (Å²) < 4.78 is 10.4. The number of hydrogen-bond donors (Lipinski definition) is 1. The summed E-state index contributed by atoms with van der Waals surface area (Å²) in [5.74, 6) is -1.09. The Labute approximate surface area is 160 Å². The van der Waals surface area contributed by atoms with Gasteiger partial charge in [0.1, 0.15) is 12.3 Å². The van der Waals surface area contributed by atoms with Gasteiger partial charge in [-0.2, -0.15) is 0 Å². The molecule has 2 aromatic rings. The highest BCUT2D eigenvalue weighted by Crippen LogP contribution is 2.29. The fourth-order valence-electron chi connectivity index (χ4n) is 2.63. The summed E-state index contributed by atoms with van der Waals surface area (Å²) >= 11 is 5.85. The summed E-state index contributed by atoms with van der Waals surface area (Å²) in [7, 11) is 0. The number of fused-ring (bicyclic) bond motifs is 1. The minimum Gasteiger partial charge on any atom is -0.482 e. The molecule has 0 fully saturated rings. The van der Waals surface area contributed by atoms with Crippen LogP contribution in [0, 0.1) is 0 Å². The molecular formula is C19H17ClN2O5. The van der Waals surface area contributed by atoms with E-state index in [1.54, 1.807) is 48.5 Å². The normalized spacial score (nSPS) is 14.0. The van der Waals surface area contributed by atoms with Gasteiger partial charge in [-0.1, -0.05) is 29.8 Å². The van der Waals surface area contributed by atoms with Gasteiger partial charge in [0, 0.05) is 5.02 Å². The Balaban J connectivity index is 1.60.